The van der Waals surface area contributed by atoms with Gasteiger partial charge in [-0.3, -0.25) is 0 Å². The van der Waals surface area contributed by atoms with Crippen molar-refractivity contribution in [2.24, 2.45) is 0 Å². The second-order valence-corrected chi connectivity index (χ2v) is 5.99. The predicted octanol–water partition coefficient (Wildman–Crippen LogP) is 1.54. The van der Waals surface area contributed by atoms with E-state index >= 15 is 0 Å². The van der Waals surface area contributed by atoms with E-state index in [2.05, 4.69) is 20.3 Å². The normalized spacial score (nSPS) is 14.5. The molecule has 2 aromatic heterocycles. The Morgan fingerprint density at radius 3 is 2.79 bits per heavy atom. The van der Waals surface area contributed by atoms with Crippen LogP contribution in [-0.4, -0.2) is 58.7 Å². The van der Waals surface area contributed by atoms with Crippen molar-refractivity contribution in [2.45, 2.75) is 6.92 Å². The molecule has 0 aromatic carbocycles. The topological polar surface area (TPSA) is 110 Å². The van der Waals surface area contributed by atoms with E-state index in [9.17, 15) is 4.79 Å². The van der Waals surface area contributed by atoms with Gasteiger partial charge in [-0.05, 0) is 6.92 Å². The number of rotatable bonds is 4. The lowest BCUT2D eigenvalue weighted by Gasteiger charge is -2.35. The first-order chi connectivity index (χ1) is 11.7. The summed E-state index contributed by atoms with van der Waals surface area (Å²) >= 11 is 1.47. The third kappa shape index (κ3) is 3.48. The van der Waals surface area contributed by atoms with Gasteiger partial charge in [0, 0.05) is 37.8 Å². The van der Waals surface area contributed by atoms with Crippen LogP contribution in [0.5, 0.6) is 0 Å². The largest absolute Gasteiger partial charge is 0.450 e. The van der Waals surface area contributed by atoms with Crippen molar-refractivity contribution in [3.8, 4) is 0 Å². The maximum Gasteiger partial charge on any atom is 0.409 e. The number of aromatic nitrogens is 3. The van der Waals surface area contributed by atoms with Gasteiger partial charge in [-0.25, -0.2) is 19.7 Å². The monoisotopic (exact) mass is 349 g/mol. The number of carbonyl (C=O) groups excluding carboxylic acids is 1. The summed E-state index contributed by atoms with van der Waals surface area (Å²) in [6.07, 6.45) is 2.90. The number of thiazole rings is 1. The molecule has 0 bridgehead atoms. The molecule has 24 heavy (non-hydrogen) atoms. The van der Waals surface area contributed by atoms with Gasteiger partial charge >= 0.3 is 6.09 Å². The molecule has 1 amide bonds. The third-order valence-corrected chi connectivity index (χ3v) is 4.31. The summed E-state index contributed by atoms with van der Waals surface area (Å²) in [4.78, 5) is 28.1. The molecule has 0 spiro atoms. The van der Waals surface area contributed by atoms with Crippen LogP contribution >= 0.6 is 11.3 Å². The molecule has 1 fully saturated rings. The molecule has 0 atom stereocenters. The minimum atomic E-state index is -0.279. The van der Waals surface area contributed by atoms with Crippen LogP contribution in [0.25, 0.3) is 0 Å². The molecule has 1 saturated heterocycles. The summed E-state index contributed by atoms with van der Waals surface area (Å²) in [5.74, 6) is 1.19. The average Bonchev–Trinajstić information content (AvgIpc) is 3.10. The van der Waals surface area contributed by atoms with Gasteiger partial charge in [0.15, 0.2) is 16.8 Å². The molecule has 3 heterocycles. The molecule has 0 aliphatic carbocycles. The van der Waals surface area contributed by atoms with Gasteiger partial charge in [0.25, 0.3) is 0 Å². The van der Waals surface area contributed by atoms with Crippen molar-refractivity contribution in [2.75, 3.05) is 48.7 Å². The molecule has 1 aliphatic heterocycles. The second-order valence-electron chi connectivity index (χ2n) is 5.09. The van der Waals surface area contributed by atoms with Crippen LogP contribution in [0.2, 0.25) is 0 Å². The van der Waals surface area contributed by atoms with E-state index in [1.807, 2.05) is 10.3 Å². The van der Waals surface area contributed by atoms with Gasteiger partial charge in [0.2, 0.25) is 0 Å². The number of hydrogen-bond donors (Lipinski definition) is 2. The first kappa shape index (κ1) is 16.2. The van der Waals surface area contributed by atoms with E-state index in [1.54, 1.807) is 18.0 Å². The number of nitrogen functional groups attached to an aromatic ring is 1. The Labute approximate surface area is 143 Å². The maximum absolute atomic E-state index is 11.8. The Bertz CT molecular complexity index is 686. The molecular formula is C14H19N7O2S. The average molecular weight is 349 g/mol. The van der Waals surface area contributed by atoms with E-state index in [4.69, 9.17) is 10.5 Å². The molecule has 128 valence electrons. The molecule has 10 heteroatoms. The lowest BCUT2D eigenvalue weighted by Crippen LogP contribution is -2.49. The van der Waals surface area contributed by atoms with Gasteiger partial charge in [-0.1, -0.05) is 0 Å². The first-order valence-corrected chi connectivity index (χ1v) is 8.50. The number of hydrogen-bond acceptors (Lipinski definition) is 9. The van der Waals surface area contributed by atoms with Crippen molar-refractivity contribution in [1.29, 1.82) is 0 Å². The highest BCUT2D eigenvalue weighted by atomic mass is 32.1. The van der Waals surface area contributed by atoms with Crippen LogP contribution in [0, 0.1) is 0 Å². The first-order valence-electron chi connectivity index (χ1n) is 7.62. The standard InChI is InChI=1S/C14H19N7O2S/c1-2-23-14(22)21-6-4-20(5-7-21)12-10(15)11(17-9-18-12)19-13-16-3-8-24-13/h3,8-9H,2,4-7,15H2,1H3,(H,16,17,18,19). The number of piperazine rings is 1. The minimum absolute atomic E-state index is 0.279. The molecule has 2 aromatic rings. The Balaban J connectivity index is 1.68. The van der Waals surface area contributed by atoms with Crippen molar-refractivity contribution in [3.63, 3.8) is 0 Å². The van der Waals surface area contributed by atoms with Crippen LogP contribution in [0.15, 0.2) is 17.9 Å². The van der Waals surface area contributed by atoms with E-state index in [1.165, 1.54) is 17.7 Å². The molecule has 1 aliphatic rings. The van der Waals surface area contributed by atoms with Gasteiger partial charge in [0.1, 0.15) is 12.0 Å². The Kier molecular flexibility index (Phi) is 4.94. The fourth-order valence-corrected chi connectivity index (χ4v) is 2.97. The molecular weight excluding hydrogens is 330 g/mol. The molecule has 0 saturated carbocycles. The summed E-state index contributed by atoms with van der Waals surface area (Å²) in [6.45, 7) is 4.58. The summed E-state index contributed by atoms with van der Waals surface area (Å²) in [5, 5.41) is 5.69. The summed E-state index contributed by atoms with van der Waals surface area (Å²) in [7, 11) is 0. The summed E-state index contributed by atoms with van der Waals surface area (Å²) < 4.78 is 5.03. The number of amides is 1. The number of carbonyl (C=O) groups is 1. The fraction of sp³-hybridized carbons (Fsp3) is 0.429. The van der Waals surface area contributed by atoms with Crippen LogP contribution < -0.4 is 16.0 Å². The molecule has 0 radical (unpaired) electrons. The zero-order valence-corrected chi connectivity index (χ0v) is 14.1. The Hall–Kier alpha value is -2.62. The quantitative estimate of drug-likeness (QED) is 0.855. The Morgan fingerprint density at radius 2 is 2.12 bits per heavy atom. The van der Waals surface area contributed by atoms with Crippen LogP contribution in [0.4, 0.5) is 27.2 Å². The zero-order chi connectivity index (χ0) is 16.9. The van der Waals surface area contributed by atoms with Crippen molar-refractivity contribution >= 4 is 39.9 Å². The molecule has 0 unspecified atom stereocenters. The van der Waals surface area contributed by atoms with E-state index in [0.29, 0.717) is 50.1 Å². The van der Waals surface area contributed by atoms with Gasteiger partial charge in [-0.2, -0.15) is 0 Å². The highest BCUT2D eigenvalue weighted by Gasteiger charge is 2.24. The van der Waals surface area contributed by atoms with Crippen LogP contribution in [0.3, 0.4) is 0 Å². The smallest absolute Gasteiger partial charge is 0.409 e. The number of nitrogens with one attached hydrogen (secondary N) is 1. The highest BCUT2D eigenvalue weighted by molar-refractivity contribution is 7.13. The lowest BCUT2D eigenvalue weighted by molar-refractivity contribution is 0.105. The van der Waals surface area contributed by atoms with E-state index < -0.39 is 0 Å². The molecule has 3 rings (SSSR count). The minimum Gasteiger partial charge on any atom is -0.450 e. The van der Waals surface area contributed by atoms with Crippen molar-refractivity contribution < 1.29 is 9.53 Å². The van der Waals surface area contributed by atoms with E-state index in [-0.39, 0.29) is 6.09 Å². The zero-order valence-electron chi connectivity index (χ0n) is 13.3. The Morgan fingerprint density at radius 1 is 1.33 bits per heavy atom. The maximum atomic E-state index is 11.8. The lowest BCUT2D eigenvalue weighted by atomic mass is 10.3. The summed E-state index contributed by atoms with van der Waals surface area (Å²) in [5.41, 5.74) is 6.69. The fourth-order valence-electron chi connectivity index (χ4n) is 2.44. The highest BCUT2D eigenvalue weighted by Crippen LogP contribution is 2.29. The van der Waals surface area contributed by atoms with Gasteiger partial charge in [-0.15, -0.1) is 11.3 Å². The number of nitrogens with two attached hydrogens (primary N) is 1. The molecule has 9 nitrogen and oxygen atoms in total. The van der Waals surface area contributed by atoms with Crippen molar-refractivity contribution in [3.05, 3.63) is 17.9 Å². The van der Waals surface area contributed by atoms with Gasteiger partial charge < -0.3 is 25.6 Å². The second kappa shape index (κ2) is 7.30. The van der Waals surface area contributed by atoms with Crippen molar-refractivity contribution in [1.82, 2.24) is 19.9 Å². The third-order valence-electron chi connectivity index (χ3n) is 3.63. The van der Waals surface area contributed by atoms with E-state index in [0.717, 1.165) is 5.13 Å². The summed E-state index contributed by atoms with van der Waals surface area (Å²) in [6, 6.07) is 0. The molecule has 3 N–H and O–H groups in total. The number of anilines is 4. The van der Waals surface area contributed by atoms with Crippen LogP contribution in [-0.2, 0) is 4.74 Å². The van der Waals surface area contributed by atoms with Gasteiger partial charge in [0.05, 0.1) is 6.61 Å². The van der Waals surface area contributed by atoms with Crippen LogP contribution in [0.1, 0.15) is 6.92 Å². The SMILES string of the molecule is CCOC(=O)N1CCN(c2ncnc(Nc3nccs3)c2N)CC1. The number of ether oxygens (including phenoxy) is 1. The predicted molar refractivity (Wildman–Crippen MR) is 92.6 cm³/mol. The number of nitrogens with zero attached hydrogens (tertiary/aromatic N) is 5.